The van der Waals surface area contributed by atoms with Gasteiger partial charge in [-0.1, -0.05) is 24.3 Å². The Balaban J connectivity index is 1.83. The average molecular weight is 229 g/mol. The lowest BCUT2D eigenvalue weighted by molar-refractivity contribution is -0.140. The molecule has 1 aliphatic heterocycles. The molecule has 3 rings (SSSR count). The standard InChI is InChI=1S/C14H15NO2/c16-13(17)14(7-8-14)11-3-5-12(6-4-11)15-9-1-2-10-15/h1-6H,7-10H2,(H,16,17). The second-order valence-corrected chi connectivity index (χ2v) is 4.81. The number of anilines is 1. The zero-order valence-corrected chi connectivity index (χ0v) is 9.60. The molecule has 88 valence electrons. The fourth-order valence-corrected chi connectivity index (χ4v) is 2.43. The van der Waals surface area contributed by atoms with Crippen molar-refractivity contribution in [2.75, 3.05) is 18.0 Å². The normalized spacial score (nSPS) is 20.6. The Hall–Kier alpha value is -1.77. The summed E-state index contributed by atoms with van der Waals surface area (Å²) in [6.45, 7) is 1.90. The van der Waals surface area contributed by atoms with Gasteiger partial charge >= 0.3 is 5.97 Å². The molecule has 0 radical (unpaired) electrons. The van der Waals surface area contributed by atoms with Crippen LogP contribution in [0.2, 0.25) is 0 Å². The summed E-state index contributed by atoms with van der Waals surface area (Å²) < 4.78 is 0. The Morgan fingerprint density at radius 2 is 1.71 bits per heavy atom. The van der Waals surface area contributed by atoms with Gasteiger partial charge in [-0.05, 0) is 30.5 Å². The predicted octanol–water partition coefficient (Wildman–Crippen LogP) is 2.18. The molecule has 3 heteroatoms. The van der Waals surface area contributed by atoms with E-state index < -0.39 is 11.4 Å². The van der Waals surface area contributed by atoms with E-state index in [2.05, 4.69) is 17.1 Å². The van der Waals surface area contributed by atoms with Gasteiger partial charge in [-0.3, -0.25) is 4.79 Å². The summed E-state index contributed by atoms with van der Waals surface area (Å²) in [5.41, 5.74) is 1.53. The molecular formula is C14H15NO2. The Bertz CT molecular complexity index is 464. The molecule has 1 heterocycles. The van der Waals surface area contributed by atoms with Crippen LogP contribution in [0.25, 0.3) is 0 Å². The van der Waals surface area contributed by atoms with Crippen molar-refractivity contribution in [2.45, 2.75) is 18.3 Å². The topological polar surface area (TPSA) is 40.5 Å². The number of carbonyl (C=O) groups is 1. The molecule has 1 saturated carbocycles. The minimum Gasteiger partial charge on any atom is -0.481 e. The van der Waals surface area contributed by atoms with Gasteiger partial charge in [-0.2, -0.15) is 0 Å². The maximum atomic E-state index is 11.2. The van der Waals surface area contributed by atoms with Crippen LogP contribution in [0.4, 0.5) is 5.69 Å². The summed E-state index contributed by atoms with van der Waals surface area (Å²) in [6, 6.07) is 8.00. The number of benzene rings is 1. The second-order valence-electron chi connectivity index (χ2n) is 4.81. The Labute approximate surface area is 100 Å². The molecule has 2 aliphatic rings. The van der Waals surface area contributed by atoms with Gasteiger partial charge in [0.15, 0.2) is 0 Å². The molecule has 0 spiro atoms. The number of nitrogens with zero attached hydrogens (tertiary/aromatic N) is 1. The van der Waals surface area contributed by atoms with E-state index in [0.29, 0.717) is 0 Å². The van der Waals surface area contributed by atoms with Crippen LogP contribution < -0.4 is 4.90 Å². The van der Waals surface area contributed by atoms with Gasteiger partial charge in [0, 0.05) is 18.8 Å². The summed E-state index contributed by atoms with van der Waals surface area (Å²) in [6.07, 6.45) is 5.83. The van der Waals surface area contributed by atoms with Crippen LogP contribution in [-0.4, -0.2) is 24.2 Å². The van der Waals surface area contributed by atoms with Gasteiger partial charge in [0.25, 0.3) is 0 Å². The number of aliphatic carboxylic acids is 1. The van der Waals surface area contributed by atoms with Crippen molar-refractivity contribution in [3.63, 3.8) is 0 Å². The molecule has 1 aliphatic carbocycles. The highest BCUT2D eigenvalue weighted by Gasteiger charge is 2.51. The predicted molar refractivity (Wildman–Crippen MR) is 66.3 cm³/mol. The van der Waals surface area contributed by atoms with Crippen molar-refractivity contribution in [1.29, 1.82) is 0 Å². The van der Waals surface area contributed by atoms with E-state index in [9.17, 15) is 9.90 Å². The molecule has 0 saturated heterocycles. The first-order valence-corrected chi connectivity index (χ1v) is 5.96. The van der Waals surface area contributed by atoms with Gasteiger partial charge in [0.1, 0.15) is 0 Å². The van der Waals surface area contributed by atoms with Crippen LogP contribution in [0.15, 0.2) is 36.4 Å². The van der Waals surface area contributed by atoms with E-state index in [1.807, 2.05) is 24.3 Å². The monoisotopic (exact) mass is 229 g/mol. The van der Waals surface area contributed by atoms with Crippen molar-refractivity contribution < 1.29 is 9.90 Å². The molecule has 1 aromatic carbocycles. The van der Waals surface area contributed by atoms with E-state index in [0.717, 1.165) is 31.5 Å². The Morgan fingerprint density at radius 3 is 2.18 bits per heavy atom. The molecule has 3 nitrogen and oxygen atoms in total. The minimum absolute atomic E-state index is 0.582. The fraction of sp³-hybridized carbons (Fsp3) is 0.357. The van der Waals surface area contributed by atoms with E-state index in [4.69, 9.17) is 0 Å². The van der Waals surface area contributed by atoms with Crippen molar-refractivity contribution in [1.82, 2.24) is 0 Å². The number of hydrogen-bond acceptors (Lipinski definition) is 2. The Morgan fingerprint density at radius 1 is 1.12 bits per heavy atom. The first-order chi connectivity index (χ1) is 8.22. The summed E-state index contributed by atoms with van der Waals surface area (Å²) in [5.74, 6) is -0.687. The van der Waals surface area contributed by atoms with Crippen LogP contribution >= 0.6 is 0 Å². The van der Waals surface area contributed by atoms with Crippen LogP contribution in [-0.2, 0) is 10.2 Å². The van der Waals surface area contributed by atoms with Crippen molar-refractivity contribution in [3.05, 3.63) is 42.0 Å². The Kier molecular flexibility index (Phi) is 2.21. The molecule has 0 atom stereocenters. The van der Waals surface area contributed by atoms with E-state index >= 15 is 0 Å². The van der Waals surface area contributed by atoms with Crippen LogP contribution in [0.5, 0.6) is 0 Å². The lowest BCUT2D eigenvalue weighted by atomic mass is 9.96. The molecule has 1 aromatic rings. The minimum atomic E-state index is -0.687. The highest BCUT2D eigenvalue weighted by atomic mass is 16.4. The first kappa shape index (κ1) is 10.4. The molecule has 1 N–H and O–H groups in total. The molecular weight excluding hydrogens is 214 g/mol. The molecule has 0 aromatic heterocycles. The lowest BCUT2D eigenvalue weighted by Gasteiger charge is -2.19. The summed E-state index contributed by atoms with van der Waals surface area (Å²) >= 11 is 0. The highest BCUT2D eigenvalue weighted by molar-refractivity contribution is 5.85. The molecule has 17 heavy (non-hydrogen) atoms. The van der Waals surface area contributed by atoms with Crippen molar-refractivity contribution in [2.24, 2.45) is 0 Å². The molecule has 0 bridgehead atoms. The smallest absolute Gasteiger partial charge is 0.314 e. The van der Waals surface area contributed by atoms with Crippen LogP contribution in [0.1, 0.15) is 18.4 Å². The van der Waals surface area contributed by atoms with Gasteiger partial charge in [-0.15, -0.1) is 0 Å². The average Bonchev–Trinajstić information content (AvgIpc) is 2.98. The molecule has 1 fully saturated rings. The quantitative estimate of drug-likeness (QED) is 0.808. The third-order valence-electron chi connectivity index (χ3n) is 3.76. The van der Waals surface area contributed by atoms with Gasteiger partial charge in [0.2, 0.25) is 0 Å². The number of carboxylic acid groups (broad SMARTS) is 1. The van der Waals surface area contributed by atoms with Crippen molar-refractivity contribution in [3.8, 4) is 0 Å². The number of carboxylic acids is 1. The van der Waals surface area contributed by atoms with Crippen LogP contribution in [0.3, 0.4) is 0 Å². The van der Waals surface area contributed by atoms with Crippen LogP contribution in [0, 0.1) is 0 Å². The zero-order chi connectivity index (χ0) is 11.9. The van der Waals surface area contributed by atoms with Crippen molar-refractivity contribution >= 4 is 11.7 Å². The van der Waals surface area contributed by atoms with E-state index in [-0.39, 0.29) is 0 Å². The summed E-state index contributed by atoms with van der Waals surface area (Å²) in [7, 11) is 0. The summed E-state index contributed by atoms with van der Waals surface area (Å²) in [5, 5.41) is 9.22. The highest BCUT2D eigenvalue weighted by Crippen LogP contribution is 2.48. The third kappa shape index (κ3) is 1.62. The van der Waals surface area contributed by atoms with Gasteiger partial charge in [-0.25, -0.2) is 0 Å². The lowest BCUT2D eigenvalue weighted by Crippen LogP contribution is -2.21. The van der Waals surface area contributed by atoms with Gasteiger partial charge < -0.3 is 10.0 Å². The number of rotatable bonds is 3. The van der Waals surface area contributed by atoms with Gasteiger partial charge in [0.05, 0.1) is 5.41 Å². The first-order valence-electron chi connectivity index (χ1n) is 5.96. The maximum Gasteiger partial charge on any atom is 0.314 e. The SMILES string of the molecule is O=C(O)C1(c2ccc(N3CC=CC3)cc2)CC1. The largest absolute Gasteiger partial charge is 0.481 e. The third-order valence-corrected chi connectivity index (χ3v) is 3.76. The zero-order valence-electron chi connectivity index (χ0n) is 9.60. The maximum absolute atomic E-state index is 11.2. The summed E-state index contributed by atoms with van der Waals surface area (Å²) in [4.78, 5) is 13.5. The van der Waals surface area contributed by atoms with E-state index in [1.165, 1.54) is 5.69 Å². The van der Waals surface area contributed by atoms with E-state index in [1.54, 1.807) is 0 Å². The fourth-order valence-electron chi connectivity index (χ4n) is 2.43. The second kappa shape index (κ2) is 3.62. The molecule has 0 amide bonds. The molecule has 0 unspecified atom stereocenters. The number of hydrogen-bond donors (Lipinski definition) is 1.